The second-order valence-electron chi connectivity index (χ2n) is 5.59. The topological polar surface area (TPSA) is 51.4 Å². The van der Waals surface area contributed by atoms with Gasteiger partial charge in [-0.05, 0) is 29.7 Å². The fraction of sp³-hybridized carbons (Fsp3) is 0.333. The third-order valence-corrected chi connectivity index (χ3v) is 4.06. The van der Waals surface area contributed by atoms with E-state index in [-0.39, 0.29) is 18.7 Å². The molecule has 2 heterocycles. The molecular weight excluding hydrogens is 292 g/mol. The van der Waals surface area contributed by atoms with Crippen molar-refractivity contribution in [2.24, 2.45) is 0 Å². The van der Waals surface area contributed by atoms with Gasteiger partial charge in [-0.1, -0.05) is 13.0 Å². The first-order valence-corrected chi connectivity index (χ1v) is 7.83. The van der Waals surface area contributed by atoms with Crippen LogP contribution in [0.5, 0.6) is 11.5 Å². The maximum absolute atomic E-state index is 12.3. The van der Waals surface area contributed by atoms with E-state index in [2.05, 4.69) is 12.2 Å². The van der Waals surface area contributed by atoms with Gasteiger partial charge in [0, 0.05) is 25.6 Å². The van der Waals surface area contributed by atoms with Crippen molar-refractivity contribution >= 4 is 5.91 Å². The number of benzene rings is 1. The number of rotatable bonds is 5. The van der Waals surface area contributed by atoms with Crippen LogP contribution in [0.4, 0.5) is 0 Å². The lowest BCUT2D eigenvalue weighted by Crippen LogP contribution is -2.46. The maximum Gasteiger partial charge on any atom is 0.289 e. The van der Waals surface area contributed by atoms with Gasteiger partial charge in [0.2, 0.25) is 12.8 Å². The summed E-state index contributed by atoms with van der Waals surface area (Å²) in [6, 6.07) is 9.53. The summed E-state index contributed by atoms with van der Waals surface area (Å²) >= 11 is 0. The number of carbonyl (C=O) groups is 1. The van der Waals surface area contributed by atoms with E-state index in [4.69, 9.17) is 9.47 Å². The van der Waals surface area contributed by atoms with Crippen molar-refractivity contribution in [3.05, 3.63) is 53.9 Å². The van der Waals surface area contributed by atoms with Crippen LogP contribution in [0.15, 0.2) is 42.7 Å². The molecule has 5 heteroatoms. The van der Waals surface area contributed by atoms with Gasteiger partial charge >= 0.3 is 0 Å². The molecule has 0 radical (unpaired) electrons. The molecule has 1 aromatic heterocycles. The van der Waals surface area contributed by atoms with Gasteiger partial charge in [-0.2, -0.15) is 4.57 Å². The molecule has 23 heavy (non-hydrogen) atoms. The highest BCUT2D eigenvalue weighted by atomic mass is 16.7. The molecule has 0 aliphatic carbocycles. The third-order valence-electron chi connectivity index (χ3n) is 4.06. The fourth-order valence-corrected chi connectivity index (χ4v) is 2.49. The molecule has 5 nitrogen and oxygen atoms in total. The van der Waals surface area contributed by atoms with Gasteiger partial charge in [0.15, 0.2) is 23.9 Å². The number of ether oxygens (including phenoxy) is 2. The number of pyridine rings is 1. The van der Waals surface area contributed by atoms with Crippen LogP contribution in [0, 0.1) is 0 Å². The number of aromatic nitrogens is 1. The molecule has 1 aromatic carbocycles. The Balaban J connectivity index is 1.59. The Morgan fingerprint density at radius 3 is 2.65 bits per heavy atom. The monoisotopic (exact) mass is 313 g/mol. The molecular formula is C18H21N2O3+. The lowest BCUT2D eigenvalue weighted by atomic mass is 10.2. The minimum absolute atomic E-state index is 0.0167. The molecule has 0 saturated carbocycles. The molecule has 0 spiro atoms. The first-order chi connectivity index (χ1) is 11.2. The second-order valence-corrected chi connectivity index (χ2v) is 5.59. The highest BCUT2D eigenvalue weighted by Gasteiger charge is 2.21. The van der Waals surface area contributed by atoms with Crippen LogP contribution in [0.3, 0.4) is 0 Å². The van der Waals surface area contributed by atoms with E-state index < -0.39 is 0 Å². The van der Waals surface area contributed by atoms with Gasteiger partial charge in [-0.3, -0.25) is 4.79 Å². The van der Waals surface area contributed by atoms with E-state index in [0.717, 1.165) is 23.5 Å². The smallest absolute Gasteiger partial charge is 0.289 e. The van der Waals surface area contributed by atoms with Crippen molar-refractivity contribution < 1.29 is 18.8 Å². The summed E-state index contributed by atoms with van der Waals surface area (Å²) in [6.45, 7) is 4.72. The molecule has 1 atom stereocenters. The summed E-state index contributed by atoms with van der Waals surface area (Å²) in [5.41, 5.74) is 2.25. The van der Waals surface area contributed by atoms with Crippen molar-refractivity contribution in [3.8, 4) is 11.5 Å². The zero-order valence-electron chi connectivity index (χ0n) is 13.4. The number of hydrogen-bond acceptors (Lipinski definition) is 3. The van der Waals surface area contributed by atoms with Crippen LogP contribution in [0.1, 0.15) is 31.0 Å². The zero-order valence-corrected chi connectivity index (χ0v) is 13.4. The normalized spacial score (nSPS) is 13.7. The summed E-state index contributed by atoms with van der Waals surface area (Å²) in [5.74, 6) is 1.46. The largest absolute Gasteiger partial charge is 0.454 e. The standard InChI is InChI=1S/C18H20N2O3/c1-3-14-6-8-20(9-7-14)13(2)18(21)19-11-15-4-5-16-17(10-15)23-12-22-16/h4-10,13H,3,11-12H2,1-2H3/p+1/t13-/m0/s1. The number of amides is 1. The van der Waals surface area contributed by atoms with Crippen molar-refractivity contribution in [2.75, 3.05) is 6.79 Å². The molecule has 0 saturated heterocycles. The Kier molecular flexibility index (Phi) is 4.46. The number of fused-ring (bicyclic) bond motifs is 1. The summed E-state index contributed by atoms with van der Waals surface area (Å²) in [4.78, 5) is 12.3. The fourth-order valence-electron chi connectivity index (χ4n) is 2.49. The van der Waals surface area contributed by atoms with E-state index in [1.54, 1.807) is 0 Å². The van der Waals surface area contributed by atoms with E-state index in [9.17, 15) is 4.79 Å². The Morgan fingerprint density at radius 2 is 1.91 bits per heavy atom. The second kappa shape index (κ2) is 6.69. The first-order valence-electron chi connectivity index (χ1n) is 7.83. The minimum atomic E-state index is -0.255. The van der Waals surface area contributed by atoms with Crippen molar-refractivity contribution in [1.29, 1.82) is 0 Å². The Bertz CT molecular complexity index is 698. The predicted octanol–water partition coefficient (Wildman–Crippen LogP) is 2.14. The number of carbonyl (C=O) groups excluding carboxylic acids is 1. The third kappa shape index (κ3) is 3.44. The Morgan fingerprint density at radius 1 is 1.17 bits per heavy atom. The first kappa shape index (κ1) is 15.3. The molecule has 1 N–H and O–H groups in total. The molecule has 1 aliphatic heterocycles. The molecule has 0 unspecified atom stereocenters. The molecule has 0 fully saturated rings. The molecule has 1 amide bonds. The van der Waals surface area contributed by atoms with Gasteiger partial charge in [0.25, 0.3) is 5.91 Å². The van der Waals surface area contributed by atoms with Crippen LogP contribution in [-0.2, 0) is 17.8 Å². The summed E-state index contributed by atoms with van der Waals surface area (Å²) in [5, 5.41) is 2.96. The van der Waals surface area contributed by atoms with Gasteiger partial charge < -0.3 is 14.8 Å². The lowest BCUT2D eigenvalue weighted by Gasteiger charge is -2.09. The van der Waals surface area contributed by atoms with Crippen LogP contribution in [0.25, 0.3) is 0 Å². The van der Waals surface area contributed by atoms with E-state index in [1.165, 1.54) is 5.56 Å². The van der Waals surface area contributed by atoms with Gasteiger partial charge in [0.05, 0.1) is 0 Å². The SMILES string of the molecule is CCc1cc[n+]([C@@H](C)C(=O)NCc2ccc3c(c2)OCO3)cc1. The average Bonchev–Trinajstić information content (AvgIpc) is 3.06. The van der Waals surface area contributed by atoms with E-state index >= 15 is 0 Å². The predicted molar refractivity (Wildman–Crippen MR) is 85.1 cm³/mol. The number of hydrogen-bond donors (Lipinski definition) is 1. The van der Waals surface area contributed by atoms with E-state index in [1.807, 2.05) is 54.2 Å². The van der Waals surface area contributed by atoms with Gasteiger partial charge in [0.1, 0.15) is 0 Å². The molecule has 120 valence electrons. The van der Waals surface area contributed by atoms with Crippen molar-refractivity contribution in [2.45, 2.75) is 32.9 Å². The van der Waals surface area contributed by atoms with E-state index in [0.29, 0.717) is 6.54 Å². The summed E-state index contributed by atoms with van der Waals surface area (Å²) in [6.07, 6.45) is 4.89. The Labute approximate surface area is 135 Å². The molecule has 2 aromatic rings. The van der Waals surface area contributed by atoms with Gasteiger partial charge in [-0.25, -0.2) is 0 Å². The molecule has 1 aliphatic rings. The number of nitrogens with zero attached hydrogens (tertiary/aromatic N) is 1. The molecule has 3 rings (SSSR count). The van der Waals surface area contributed by atoms with Crippen LogP contribution in [0.2, 0.25) is 0 Å². The lowest BCUT2D eigenvalue weighted by molar-refractivity contribution is -0.706. The Hall–Kier alpha value is -2.56. The number of nitrogens with one attached hydrogen (secondary N) is 1. The molecule has 0 bridgehead atoms. The summed E-state index contributed by atoms with van der Waals surface area (Å²) in [7, 11) is 0. The van der Waals surface area contributed by atoms with Crippen molar-refractivity contribution in [1.82, 2.24) is 5.32 Å². The van der Waals surface area contributed by atoms with Crippen LogP contribution >= 0.6 is 0 Å². The quantitative estimate of drug-likeness (QED) is 0.861. The van der Waals surface area contributed by atoms with Crippen LogP contribution in [-0.4, -0.2) is 12.7 Å². The average molecular weight is 313 g/mol. The van der Waals surface area contributed by atoms with Crippen LogP contribution < -0.4 is 19.4 Å². The number of aryl methyl sites for hydroxylation is 1. The minimum Gasteiger partial charge on any atom is -0.454 e. The zero-order chi connectivity index (χ0) is 16.2. The maximum atomic E-state index is 12.3. The highest BCUT2D eigenvalue weighted by molar-refractivity contribution is 5.78. The van der Waals surface area contributed by atoms with Crippen molar-refractivity contribution in [3.63, 3.8) is 0 Å². The highest BCUT2D eigenvalue weighted by Crippen LogP contribution is 2.32. The van der Waals surface area contributed by atoms with Gasteiger partial charge in [-0.15, -0.1) is 0 Å². The summed E-state index contributed by atoms with van der Waals surface area (Å²) < 4.78 is 12.5.